The molecule has 5 heteroatoms. The van der Waals surface area contributed by atoms with Crippen molar-refractivity contribution in [2.75, 3.05) is 20.2 Å². The third-order valence-electron chi connectivity index (χ3n) is 6.47. The maximum absolute atomic E-state index is 5.85. The number of ether oxygens (including phenoxy) is 2. The fourth-order valence-electron chi connectivity index (χ4n) is 5.09. The monoisotopic (exact) mass is 406 g/mol. The maximum atomic E-state index is 5.85. The van der Waals surface area contributed by atoms with Crippen LogP contribution in [0.15, 0.2) is 48.7 Å². The highest BCUT2D eigenvalue weighted by Gasteiger charge is 2.39. The minimum absolute atomic E-state index is 0.206. The SMILES string of the molecule is Cc1ccc(OC(=S)OCC2CC3c4cccc5[nH]cc(c45)CC3N(C)C2)cc1. The van der Waals surface area contributed by atoms with E-state index in [4.69, 9.17) is 21.7 Å². The van der Waals surface area contributed by atoms with Gasteiger partial charge in [0.25, 0.3) is 0 Å². The summed E-state index contributed by atoms with van der Waals surface area (Å²) in [5.74, 6) is 1.68. The van der Waals surface area contributed by atoms with Crippen molar-refractivity contribution in [3.63, 3.8) is 0 Å². The number of hydrogen-bond donors (Lipinski definition) is 1. The number of likely N-dealkylation sites (N-methyl/N-ethyl adjacent to an activating group) is 1. The first-order valence-electron chi connectivity index (χ1n) is 10.3. The van der Waals surface area contributed by atoms with Crippen LogP contribution in [0.3, 0.4) is 0 Å². The zero-order valence-electron chi connectivity index (χ0n) is 16.9. The Kier molecular flexibility index (Phi) is 4.80. The quantitative estimate of drug-likeness (QED) is 0.633. The molecule has 150 valence electrons. The highest BCUT2D eigenvalue weighted by atomic mass is 32.1. The second-order valence-corrected chi connectivity index (χ2v) is 8.81. The Labute approximate surface area is 176 Å². The number of likely N-dealkylation sites (tertiary alicyclic amines) is 1. The molecule has 4 nitrogen and oxygen atoms in total. The van der Waals surface area contributed by atoms with Gasteiger partial charge >= 0.3 is 5.24 Å². The molecule has 1 aliphatic carbocycles. The predicted octanol–water partition coefficient (Wildman–Crippen LogP) is 4.82. The van der Waals surface area contributed by atoms with Crippen LogP contribution in [0.4, 0.5) is 0 Å². The Morgan fingerprint density at radius 3 is 2.86 bits per heavy atom. The summed E-state index contributed by atoms with van der Waals surface area (Å²) in [6.07, 6.45) is 4.42. The fraction of sp³-hybridized carbons (Fsp3) is 0.375. The van der Waals surface area contributed by atoms with Crippen LogP contribution >= 0.6 is 12.2 Å². The van der Waals surface area contributed by atoms with Gasteiger partial charge in [-0.05, 0) is 56.1 Å². The van der Waals surface area contributed by atoms with E-state index in [1.807, 2.05) is 31.2 Å². The lowest BCUT2D eigenvalue weighted by atomic mass is 9.72. The van der Waals surface area contributed by atoms with E-state index in [0.717, 1.165) is 25.1 Å². The number of H-pyrrole nitrogens is 1. The molecule has 2 aromatic carbocycles. The van der Waals surface area contributed by atoms with Gasteiger partial charge < -0.3 is 19.4 Å². The molecule has 0 bridgehead atoms. The largest absolute Gasteiger partial charge is 0.456 e. The Hall–Kier alpha value is -2.37. The van der Waals surface area contributed by atoms with E-state index in [-0.39, 0.29) is 5.24 Å². The molecule has 0 amide bonds. The number of thiocarbonyl (C=S) groups is 1. The van der Waals surface area contributed by atoms with Gasteiger partial charge in [-0.1, -0.05) is 29.8 Å². The van der Waals surface area contributed by atoms with Crippen LogP contribution < -0.4 is 4.74 Å². The van der Waals surface area contributed by atoms with Crippen LogP contribution in [-0.4, -0.2) is 41.4 Å². The lowest BCUT2D eigenvalue weighted by Crippen LogP contribution is -2.48. The number of aromatic nitrogens is 1. The summed E-state index contributed by atoms with van der Waals surface area (Å²) in [6.45, 7) is 3.66. The van der Waals surface area contributed by atoms with Gasteiger partial charge in [0, 0.05) is 53.7 Å². The predicted molar refractivity (Wildman–Crippen MR) is 120 cm³/mol. The third-order valence-corrected chi connectivity index (χ3v) is 6.67. The van der Waals surface area contributed by atoms with Crippen molar-refractivity contribution in [1.29, 1.82) is 0 Å². The molecule has 1 N–H and O–H groups in total. The molecule has 1 aliphatic heterocycles. The molecular formula is C24H26N2O2S. The molecule has 1 aromatic heterocycles. The first-order chi connectivity index (χ1) is 14.1. The van der Waals surface area contributed by atoms with Gasteiger partial charge in [0.05, 0.1) is 6.61 Å². The smallest absolute Gasteiger partial charge is 0.357 e. The van der Waals surface area contributed by atoms with Crippen LogP contribution in [0.5, 0.6) is 5.75 Å². The van der Waals surface area contributed by atoms with Crippen LogP contribution in [0.25, 0.3) is 10.9 Å². The van der Waals surface area contributed by atoms with E-state index in [2.05, 4.69) is 41.3 Å². The molecule has 5 rings (SSSR count). The lowest BCUT2D eigenvalue weighted by Gasteiger charge is -2.45. The highest BCUT2D eigenvalue weighted by Crippen LogP contribution is 2.44. The molecule has 1 fully saturated rings. The average Bonchev–Trinajstić information content (AvgIpc) is 3.13. The number of fused-ring (bicyclic) bond motifs is 2. The van der Waals surface area contributed by atoms with Crippen LogP contribution in [0.2, 0.25) is 0 Å². The average molecular weight is 407 g/mol. The molecule has 0 radical (unpaired) electrons. The summed E-state index contributed by atoms with van der Waals surface area (Å²) in [4.78, 5) is 5.95. The van der Waals surface area contributed by atoms with Crippen LogP contribution in [0.1, 0.15) is 29.0 Å². The molecule has 29 heavy (non-hydrogen) atoms. The van der Waals surface area contributed by atoms with Gasteiger partial charge in [0.15, 0.2) is 0 Å². The number of aryl methyl sites for hydroxylation is 1. The first kappa shape index (κ1) is 18.6. The Bertz CT molecular complexity index is 1040. The number of rotatable bonds is 3. The number of hydrogen-bond acceptors (Lipinski definition) is 4. The molecule has 0 spiro atoms. The summed E-state index contributed by atoms with van der Waals surface area (Å²) in [5, 5.41) is 1.64. The van der Waals surface area contributed by atoms with Crippen molar-refractivity contribution in [1.82, 2.24) is 9.88 Å². The number of nitrogens with one attached hydrogen (secondary N) is 1. The van der Waals surface area contributed by atoms with Crippen LogP contribution in [0, 0.1) is 12.8 Å². The second-order valence-electron chi connectivity index (χ2n) is 8.48. The van der Waals surface area contributed by atoms with E-state index in [9.17, 15) is 0 Å². The van der Waals surface area contributed by atoms with Gasteiger partial charge in [0.1, 0.15) is 5.75 Å². The summed E-state index contributed by atoms with van der Waals surface area (Å²) < 4.78 is 11.5. The van der Waals surface area contributed by atoms with E-state index in [0.29, 0.717) is 24.5 Å². The zero-order valence-corrected chi connectivity index (χ0v) is 17.7. The number of aromatic amines is 1. The maximum Gasteiger partial charge on any atom is 0.357 e. The zero-order chi connectivity index (χ0) is 20.0. The van der Waals surface area contributed by atoms with Gasteiger partial charge in [-0.3, -0.25) is 0 Å². The van der Waals surface area contributed by atoms with E-state index >= 15 is 0 Å². The van der Waals surface area contributed by atoms with Crippen molar-refractivity contribution in [3.8, 4) is 5.75 Å². The van der Waals surface area contributed by atoms with Gasteiger partial charge in [-0.2, -0.15) is 0 Å². The third kappa shape index (κ3) is 3.53. The molecule has 2 aliphatic rings. The second kappa shape index (κ2) is 7.47. The molecule has 2 heterocycles. The molecule has 3 unspecified atom stereocenters. The first-order valence-corrected chi connectivity index (χ1v) is 10.7. The number of piperidine rings is 1. The van der Waals surface area contributed by atoms with Crippen molar-refractivity contribution >= 4 is 28.4 Å². The standard InChI is InChI=1S/C24H26N2O2S/c1-15-6-8-18(9-7-15)28-24(29)27-14-16-10-20-19-4-3-5-21-23(19)17(12-25-21)11-22(20)26(2)13-16/h3-9,12,16,20,22,25H,10-11,13-14H2,1-2H3. The number of benzene rings is 2. The lowest BCUT2D eigenvalue weighted by molar-refractivity contribution is 0.0753. The van der Waals surface area contributed by atoms with Gasteiger partial charge in [0.2, 0.25) is 0 Å². The van der Waals surface area contributed by atoms with Gasteiger partial charge in [-0.25, -0.2) is 0 Å². The van der Waals surface area contributed by atoms with Crippen molar-refractivity contribution in [2.24, 2.45) is 5.92 Å². The molecular weight excluding hydrogens is 380 g/mol. The normalized spacial score (nSPS) is 23.6. The Balaban J connectivity index is 1.27. The molecule has 3 atom stereocenters. The summed E-state index contributed by atoms with van der Waals surface area (Å²) in [6, 6.07) is 15.1. The summed E-state index contributed by atoms with van der Waals surface area (Å²) in [5.41, 5.74) is 5.37. The minimum Gasteiger partial charge on any atom is -0.456 e. The summed E-state index contributed by atoms with van der Waals surface area (Å²) in [7, 11) is 2.24. The molecule has 1 saturated heterocycles. The van der Waals surface area contributed by atoms with E-state index in [1.54, 1.807) is 0 Å². The van der Waals surface area contributed by atoms with E-state index in [1.165, 1.54) is 27.6 Å². The summed E-state index contributed by atoms with van der Waals surface area (Å²) >= 11 is 5.31. The van der Waals surface area contributed by atoms with Crippen molar-refractivity contribution in [3.05, 3.63) is 65.4 Å². The van der Waals surface area contributed by atoms with Crippen molar-refractivity contribution in [2.45, 2.75) is 31.7 Å². The number of nitrogens with zero attached hydrogens (tertiary/aromatic N) is 1. The van der Waals surface area contributed by atoms with E-state index < -0.39 is 0 Å². The highest BCUT2D eigenvalue weighted by molar-refractivity contribution is 7.79. The van der Waals surface area contributed by atoms with Crippen molar-refractivity contribution < 1.29 is 9.47 Å². The van der Waals surface area contributed by atoms with Gasteiger partial charge in [-0.15, -0.1) is 0 Å². The minimum atomic E-state index is 0.206. The van der Waals surface area contributed by atoms with Crippen LogP contribution in [-0.2, 0) is 11.2 Å². The Morgan fingerprint density at radius 1 is 1.21 bits per heavy atom. The molecule has 3 aromatic rings. The fourth-order valence-corrected chi connectivity index (χ4v) is 5.26. The Morgan fingerprint density at radius 2 is 2.03 bits per heavy atom. The topological polar surface area (TPSA) is 37.5 Å². The molecule has 0 saturated carbocycles.